The predicted molar refractivity (Wildman–Crippen MR) is 165 cm³/mol. The molecule has 1 saturated carbocycles. The Morgan fingerprint density at radius 1 is 0.976 bits per heavy atom. The monoisotopic (exact) mass is 631 g/mol. The third kappa shape index (κ3) is 7.56. The second kappa shape index (κ2) is 14.3. The minimum absolute atomic E-state index is 0.00364. The van der Waals surface area contributed by atoms with Crippen LogP contribution in [0.2, 0.25) is 10.0 Å². The number of hydrogen-bond donors (Lipinski definition) is 1. The highest BCUT2D eigenvalue weighted by atomic mass is 35.5. The molecule has 2 amide bonds. The molecule has 1 N–H and O–H groups in total. The molecule has 0 bridgehead atoms. The molecule has 42 heavy (non-hydrogen) atoms. The summed E-state index contributed by atoms with van der Waals surface area (Å²) in [6, 6.07) is 18.5. The molecular weight excluding hydrogens is 597 g/mol. The Bertz CT molecular complexity index is 1500. The summed E-state index contributed by atoms with van der Waals surface area (Å²) in [6.45, 7) is 1.03. The van der Waals surface area contributed by atoms with Crippen LogP contribution in [-0.4, -0.2) is 50.9 Å². The first-order valence-corrected chi connectivity index (χ1v) is 16.1. The van der Waals surface area contributed by atoms with Gasteiger partial charge in [-0.2, -0.15) is 0 Å². The van der Waals surface area contributed by atoms with Gasteiger partial charge in [-0.25, -0.2) is 8.42 Å². The molecule has 1 atom stereocenters. The minimum Gasteiger partial charge on any atom is -0.495 e. The molecule has 0 aromatic heterocycles. The molecular formula is C31H35Cl2N3O5S. The summed E-state index contributed by atoms with van der Waals surface area (Å²) in [5, 5.41) is 3.78. The van der Waals surface area contributed by atoms with E-state index in [4.69, 9.17) is 27.9 Å². The Kier molecular flexibility index (Phi) is 10.8. The summed E-state index contributed by atoms with van der Waals surface area (Å²) >= 11 is 12.7. The van der Waals surface area contributed by atoms with Gasteiger partial charge in [0, 0.05) is 22.6 Å². The second-order valence-corrected chi connectivity index (χ2v) is 13.0. The lowest BCUT2D eigenvalue weighted by Crippen LogP contribution is -2.53. The van der Waals surface area contributed by atoms with E-state index in [1.54, 1.807) is 55.5 Å². The zero-order valence-electron chi connectivity index (χ0n) is 23.6. The van der Waals surface area contributed by atoms with Gasteiger partial charge in [-0.1, -0.05) is 78.9 Å². The smallest absolute Gasteiger partial charge is 0.264 e. The lowest BCUT2D eigenvalue weighted by atomic mass is 9.95. The van der Waals surface area contributed by atoms with E-state index >= 15 is 0 Å². The summed E-state index contributed by atoms with van der Waals surface area (Å²) in [6.07, 6.45) is 4.98. The number of nitrogens with one attached hydrogen (secondary N) is 1. The molecule has 0 saturated heterocycles. The van der Waals surface area contributed by atoms with Crippen molar-refractivity contribution in [3.63, 3.8) is 0 Å². The van der Waals surface area contributed by atoms with Crippen molar-refractivity contribution in [2.24, 2.45) is 0 Å². The highest BCUT2D eigenvalue weighted by Crippen LogP contribution is 2.35. The van der Waals surface area contributed by atoms with Crippen LogP contribution in [0.3, 0.4) is 0 Å². The topological polar surface area (TPSA) is 96.0 Å². The Balaban J connectivity index is 1.73. The van der Waals surface area contributed by atoms with E-state index in [1.807, 2.05) is 0 Å². The number of amides is 2. The Labute approximate surface area is 257 Å². The van der Waals surface area contributed by atoms with Gasteiger partial charge >= 0.3 is 0 Å². The third-order valence-electron chi connectivity index (χ3n) is 7.44. The van der Waals surface area contributed by atoms with E-state index < -0.39 is 28.5 Å². The van der Waals surface area contributed by atoms with Crippen LogP contribution < -0.4 is 14.4 Å². The molecule has 0 radical (unpaired) electrons. The number of rotatable bonds is 11. The number of carbonyl (C=O) groups is 2. The van der Waals surface area contributed by atoms with Crippen molar-refractivity contribution in [1.82, 2.24) is 10.2 Å². The number of anilines is 1. The number of nitrogens with zero attached hydrogens (tertiary/aromatic N) is 2. The summed E-state index contributed by atoms with van der Waals surface area (Å²) in [5.41, 5.74) is 0.724. The summed E-state index contributed by atoms with van der Waals surface area (Å²) < 4.78 is 34.4. The predicted octanol–water partition coefficient (Wildman–Crippen LogP) is 6.06. The van der Waals surface area contributed by atoms with E-state index in [0.717, 1.165) is 36.4 Å². The number of hydrogen-bond acceptors (Lipinski definition) is 5. The van der Waals surface area contributed by atoms with E-state index in [9.17, 15) is 18.0 Å². The van der Waals surface area contributed by atoms with E-state index in [0.29, 0.717) is 10.6 Å². The van der Waals surface area contributed by atoms with Crippen molar-refractivity contribution < 1.29 is 22.7 Å². The standard InChI is InChI=1S/C31H35Cl2N3O5S/c1-22(31(38)34-25-12-5-3-6-13-25)35(20-23-11-9-10-16-27(23)33)30(37)21-36(28-19-24(32)17-18-29(28)41-2)42(39,40)26-14-7-4-8-15-26/h4,7-11,14-19,22,25H,3,5-6,12-13,20-21H2,1-2H3,(H,34,38)/t22-/m1/s1. The maximum atomic E-state index is 14.2. The number of sulfonamides is 1. The van der Waals surface area contributed by atoms with Crippen LogP contribution in [0.25, 0.3) is 0 Å². The largest absolute Gasteiger partial charge is 0.495 e. The van der Waals surface area contributed by atoms with Crippen LogP contribution in [0.15, 0.2) is 77.7 Å². The van der Waals surface area contributed by atoms with Gasteiger partial charge in [-0.05, 0) is 61.7 Å². The maximum Gasteiger partial charge on any atom is 0.264 e. The van der Waals surface area contributed by atoms with E-state index in [1.165, 1.54) is 36.3 Å². The van der Waals surface area contributed by atoms with Gasteiger partial charge in [0.15, 0.2) is 0 Å². The Morgan fingerprint density at radius 3 is 2.31 bits per heavy atom. The van der Waals surface area contributed by atoms with Gasteiger partial charge in [-0.3, -0.25) is 13.9 Å². The molecule has 0 spiro atoms. The van der Waals surface area contributed by atoms with Crippen molar-refractivity contribution in [2.75, 3.05) is 18.0 Å². The molecule has 224 valence electrons. The molecule has 0 aliphatic heterocycles. The Hall–Kier alpha value is -3.27. The van der Waals surface area contributed by atoms with Crippen LogP contribution in [0.1, 0.15) is 44.6 Å². The summed E-state index contributed by atoms with van der Waals surface area (Å²) in [7, 11) is -2.86. The lowest BCUT2D eigenvalue weighted by Gasteiger charge is -2.33. The van der Waals surface area contributed by atoms with Crippen LogP contribution in [0.4, 0.5) is 5.69 Å². The normalized spacial score (nSPS) is 14.6. The molecule has 1 aliphatic rings. The van der Waals surface area contributed by atoms with Crippen LogP contribution in [-0.2, 0) is 26.2 Å². The number of methoxy groups -OCH3 is 1. The maximum absolute atomic E-state index is 14.2. The first-order valence-electron chi connectivity index (χ1n) is 13.9. The molecule has 11 heteroatoms. The Morgan fingerprint density at radius 2 is 1.64 bits per heavy atom. The van der Waals surface area contributed by atoms with Gasteiger partial charge in [0.2, 0.25) is 11.8 Å². The number of benzene rings is 3. The average Bonchev–Trinajstić information content (AvgIpc) is 2.99. The summed E-state index contributed by atoms with van der Waals surface area (Å²) in [4.78, 5) is 29.0. The van der Waals surface area contributed by atoms with E-state index in [-0.39, 0.29) is 39.8 Å². The molecule has 3 aromatic carbocycles. The number of ether oxygens (including phenoxy) is 1. The van der Waals surface area contributed by atoms with Gasteiger partial charge < -0.3 is 15.0 Å². The van der Waals surface area contributed by atoms with Crippen molar-refractivity contribution in [3.8, 4) is 5.75 Å². The van der Waals surface area contributed by atoms with Crippen molar-refractivity contribution in [3.05, 3.63) is 88.4 Å². The zero-order chi connectivity index (χ0) is 30.3. The highest BCUT2D eigenvalue weighted by Gasteiger charge is 2.34. The van der Waals surface area contributed by atoms with Gasteiger partial charge in [0.1, 0.15) is 18.3 Å². The minimum atomic E-state index is -4.26. The molecule has 1 fully saturated rings. The van der Waals surface area contributed by atoms with Crippen LogP contribution >= 0.6 is 23.2 Å². The van der Waals surface area contributed by atoms with Gasteiger partial charge in [0.25, 0.3) is 10.0 Å². The molecule has 3 aromatic rings. The first kappa shape index (κ1) is 31.7. The van der Waals surface area contributed by atoms with Gasteiger partial charge in [0.05, 0.1) is 17.7 Å². The van der Waals surface area contributed by atoms with Crippen LogP contribution in [0.5, 0.6) is 5.75 Å². The second-order valence-electron chi connectivity index (χ2n) is 10.3. The number of carbonyl (C=O) groups excluding carboxylic acids is 2. The fraction of sp³-hybridized carbons (Fsp3) is 0.355. The van der Waals surface area contributed by atoms with E-state index in [2.05, 4.69) is 5.32 Å². The SMILES string of the molecule is COc1ccc(Cl)cc1N(CC(=O)N(Cc1ccccc1Cl)[C@H](C)C(=O)NC1CCCCC1)S(=O)(=O)c1ccccc1. The molecule has 4 rings (SSSR count). The first-order chi connectivity index (χ1) is 20.1. The molecule has 1 aliphatic carbocycles. The zero-order valence-corrected chi connectivity index (χ0v) is 26.0. The third-order valence-corrected chi connectivity index (χ3v) is 9.81. The van der Waals surface area contributed by atoms with Crippen LogP contribution in [0, 0.1) is 0 Å². The molecule has 0 heterocycles. The highest BCUT2D eigenvalue weighted by molar-refractivity contribution is 7.92. The molecule has 0 unspecified atom stereocenters. The lowest BCUT2D eigenvalue weighted by molar-refractivity contribution is -0.139. The molecule has 8 nitrogen and oxygen atoms in total. The van der Waals surface area contributed by atoms with Crippen molar-refractivity contribution in [2.45, 2.75) is 62.6 Å². The average molecular weight is 633 g/mol. The fourth-order valence-electron chi connectivity index (χ4n) is 5.05. The fourth-order valence-corrected chi connectivity index (χ4v) is 6.85. The summed E-state index contributed by atoms with van der Waals surface area (Å²) in [5.74, 6) is -0.685. The van der Waals surface area contributed by atoms with Crippen molar-refractivity contribution in [1.29, 1.82) is 0 Å². The quantitative estimate of drug-likeness (QED) is 0.277. The number of halogens is 2. The van der Waals surface area contributed by atoms with Crippen molar-refractivity contribution >= 4 is 50.7 Å². The van der Waals surface area contributed by atoms with Gasteiger partial charge in [-0.15, -0.1) is 0 Å².